The normalized spacial score (nSPS) is 47.2. The van der Waals surface area contributed by atoms with Crippen LogP contribution in [-0.4, -0.2) is 108 Å². The number of hydrogen-bond donors (Lipinski definition) is 3. The fraction of sp³-hybridized carbons (Fsp3) is 0.941. The molecule has 4 aliphatic rings. The average Bonchev–Trinajstić information content (AvgIpc) is 2.95. The third-order valence-corrected chi connectivity index (χ3v) is 10.7. The molecular formula is C34H62N2O8. The number of carbonyl (C=O) groups excluding carboxylic acids is 2. The third kappa shape index (κ3) is 8.41. The number of ketones is 1. The number of esters is 1. The molecule has 0 aliphatic carbocycles. The molecule has 10 heteroatoms. The lowest BCUT2D eigenvalue weighted by atomic mass is 9.72. The molecule has 0 radical (unpaired) electrons. The van der Waals surface area contributed by atoms with E-state index in [-0.39, 0.29) is 41.7 Å². The molecule has 10 nitrogen and oxygen atoms in total. The van der Waals surface area contributed by atoms with E-state index in [9.17, 15) is 19.8 Å². The van der Waals surface area contributed by atoms with Crippen molar-refractivity contribution >= 4 is 11.8 Å². The molecule has 4 heterocycles. The van der Waals surface area contributed by atoms with Gasteiger partial charge in [0.25, 0.3) is 0 Å². The number of Topliss-reactive ketones (excluding diaryl/α,β-unsaturated/α-hetero) is 1. The fourth-order valence-electron chi connectivity index (χ4n) is 7.85. The topological polar surface area (TPSA) is 127 Å². The van der Waals surface area contributed by atoms with Crippen molar-refractivity contribution in [3.8, 4) is 0 Å². The van der Waals surface area contributed by atoms with E-state index < -0.39 is 53.6 Å². The molecule has 0 amide bonds. The van der Waals surface area contributed by atoms with Crippen LogP contribution in [0, 0.1) is 29.6 Å². The Morgan fingerprint density at radius 2 is 1.73 bits per heavy atom. The van der Waals surface area contributed by atoms with E-state index in [2.05, 4.69) is 26.1 Å². The number of nitrogens with one attached hydrogen (secondary N) is 1. The molecule has 2 bridgehead atoms. The van der Waals surface area contributed by atoms with Crippen LogP contribution in [0.1, 0.15) is 94.4 Å². The van der Waals surface area contributed by atoms with Gasteiger partial charge in [0.1, 0.15) is 23.7 Å². The predicted octanol–water partition coefficient (Wildman–Crippen LogP) is 3.55. The van der Waals surface area contributed by atoms with Crippen LogP contribution in [0.4, 0.5) is 0 Å². The maximum Gasteiger partial charge on any atom is 0.316 e. The maximum absolute atomic E-state index is 14.1. The molecule has 4 saturated heterocycles. The fourth-order valence-corrected chi connectivity index (χ4v) is 7.85. The van der Waals surface area contributed by atoms with E-state index >= 15 is 0 Å². The third-order valence-electron chi connectivity index (χ3n) is 10.7. The lowest BCUT2D eigenvalue weighted by Crippen LogP contribution is -2.60. The van der Waals surface area contributed by atoms with Gasteiger partial charge in [-0.2, -0.15) is 0 Å². The van der Waals surface area contributed by atoms with E-state index in [1.807, 2.05) is 39.8 Å². The first-order valence-corrected chi connectivity index (χ1v) is 16.9. The highest BCUT2D eigenvalue weighted by molar-refractivity contribution is 6.00. The maximum atomic E-state index is 14.1. The zero-order chi connectivity index (χ0) is 33.1. The molecule has 4 aliphatic heterocycles. The summed E-state index contributed by atoms with van der Waals surface area (Å²) in [5, 5.41) is 27.1. The van der Waals surface area contributed by atoms with Crippen molar-refractivity contribution in [2.45, 2.75) is 148 Å². The van der Waals surface area contributed by atoms with Crippen molar-refractivity contribution in [3.05, 3.63) is 0 Å². The van der Waals surface area contributed by atoms with Crippen LogP contribution in [0.5, 0.6) is 0 Å². The lowest BCUT2D eigenvalue weighted by Gasteiger charge is -2.47. The second kappa shape index (κ2) is 15.2. The van der Waals surface area contributed by atoms with Crippen molar-refractivity contribution in [1.82, 2.24) is 10.2 Å². The summed E-state index contributed by atoms with van der Waals surface area (Å²) in [5.41, 5.74) is -2.25. The van der Waals surface area contributed by atoms with Crippen LogP contribution in [0.2, 0.25) is 0 Å². The molecular weight excluding hydrogens is 564 g/mol. The zero-order valence-electron chi connectivity index (χ0n) is 29.2. The summed E-state index contributed by atoms with van der Waals surface area (Å²) in [4.78, 5) is 29.7. The van der Waals surface area contributed by atoms with Crippen molar-refractivity contribution in [2.24, 2.45) is 29.6 Å². The van der Waals surface area contributed by atoms with E-state index in [0.717, 1.165) is 12.8 Å². The Labute approximate surface area is 265 Å². The summed E-state index contributed by atoms with van der Waals surface area (Å²) in [6, 6.07) is -0.214. The van der Waals surface area contributed by atoms with Gasteiger partial charge in [-0.1, -0.05) is 27.7 Å². The standard InChI is InChI=1S/C34H62N2O8/c1-12-27-34(9,40)25-14-13-19(2)18-41-33(8,16-21(4)35-17-20(25)3)30(23(6)28(37)24(7)31(39)43-27)44-32-29(38)26(36(10)11)15-22(5)42-32/h19-27,29-30,32,35,38,40H,12-18H2,1-11H3/t19?,20-,21+,22+,23-,24+,25+,26-,27+,29+,30+,32-,33?,34-/m0/s1. The van der Waals surface area contributed by atoms with Gasteiger partial charge in [-0.3, -0.25) is 9.59 Å². The monoisotopic (exact) mass is 626 g/mol. The Morgan fingerprint density at radius 1 is 1.07 bits per heavy atom. The molecule has 0 aromatic heterocycles. The molecule has 0 spiro atoms. The first-order chi connectivity index (χ1) is 20.4. The number of fused-ring (bicyclic) bond motifs is 15. The second-order valence-electron chi connectivity index (χ2n) is 15.0. The Kier molecular flexibility index (Phi) is 12.9. The number of nitrogens with zero attached hydrogens (tertiary/aromatic N) is 1. The van der Waals surface area contributed by atoms with Crippen LogP contribution in [-0.2, 0) is 28.5 Å². The molecule has 14 atom stereocenters. The van der Waals surface area contributed by atoms with Gasteiger partial charge < -0.3 is 39.4 Å². The highest BCUT2D eigenvalue weighted by Gasteiger charge is 2.51. The number of aliphatic hydroxyl groups excluding tert-OH is 1. The summed E-state index contributed by atoms with van der Waals surface area (Å²) in [5.74, 6) is -2.76. The summed E-state index contributed by atoms with van der Waals surface area (Å²) < 4.78 is 25.7. The number of hydrogen-bond acceptors (Lipinski definition) is 10. The Bertz CT molecular complexity index is 962. The first-order valence-electron chi connectivity index (χ1n) is 16.9. The highest BCUT2D eigenvalue weighted by atomic mass is 16.7. The number of likely N-dealkylation sites (N-methyl/N-ethyl adjacent to an activating group) is 1. The number of carbonyl (C=O) groups is 2. The summed E-state index contributed by atoms with van der Waals surface area (Å²) >= 11 is 0. The van der Waals surface area contributed by atoms with Gasteiger partial charge in [0, 0.05) is 24.6 Å². The van der Waals surface area contributed by atoms with Gasteiger partial charge in [-0.05, 0) is 105 Å². The molecule has 256 valence electrons. The van der Waals surface area contributed by atoms with E-state index in [1.165, 1.54) is 0 Å². The van der Waals surface area contributed by atoms with Crippen LogP contribution in [0.3, 0.4) is 0 Å². The van der Waals surface area contributed by atoms with Gasteiger partial charge >= 0.3 is 5.97 Å². The predicted molar refractivity (Wildman–Crippen MR) is 169 cm³/mol. The zero-order valence-corrected chi connectivity index (χ0v) is 29.2. The molecule has 0 aromatic carbocycles. The minimum absolute atomic E-state index is 0.0239. The van der Waals surface area contributed by atoms with Gasteiger partial charge in [0.05, 0.1) is 17.8 Å². The molecule has 44 heavy (non-hydrogen) atoms. The highest BCUT2D eigenvalue weighted by Crippen LogP contribution is 2.40. The molecule has 3 N–H and O–H groups in total. The summed E-state index contributed by atoms with van der Waals surface area (Å²) in [7, 11) is 3.84. The molecule has 4 fully saturated rings. The lowest BCUT2D eigenvalue weighted by molar-refractivity contribution is -0.298. The Balaban J connectivity index is 2.14. The summed E-state index contributed by atoms with van der Waals surface area (Å²) in [6.45, 7) is 18.4. The molecule has 0 saturated carbocycles. The van der Waals surface area contributed by atoms with Crippen molar-refractivity contribution in [1.29, 1.82) is 0 Å². The van der Waals surface area contributed by atoms with Crippen molar-refractivity contribution in [2.75, 3.05) is 27.2 Å². The molecule has 4 rings (SSSR count). The smallest absolute Gasteiger partial charge is 0.316 e. The minimum atomic E-state index is -1.29. The number of ether oxygens (including phenoxy) is 4. The Morgan fingerprint density at radius 3 is 2.34 bits per heavy atom. The quantitative estimate of drug-likeness (QED) is 0.315. The van der Waals surface area contributed by atoms with Crippen LogP contribution in [0.15, 0.2) is 0 Å². The summed E-state index contributed by atoms with van der Waals surface area (Å²) in [6.07, 6.45) is -0.580. The van der Waals surface area contributed by atoms with Crippen molar-refractivity contribution < 1.29 is 38.7 Å². The Hall–Kier alpha value is -1.14. The van der Waals surface area contributed by atoms with Crippen LogP contribution in [0.25, 0.3) is 0 Å². The first kappa shape index (κ1) is 37.3. The SMILES string of the molecule is CC[C@H]1OC(=O)[C@H](C)C(=O)[C@H](C)[C@@H](O[C@@H]2O[C@H](C)C[C@H](N(C)C)[C@H]2O)C2(C)C[C@@H](C)NC[C@H](C)[C@@H](CCC(C)CO2)[C@]1(C)O. The molecule has 0 aromatic rings. The van der Waals surface area contributed by atoms with Gasteiger partial charge in [-0.25, -0.2) is 0 Å². The van der Waals surface area contributed by atoms with Gasteiger partial charge in [0.2, 0.25) is 0 Å². The number of rotatable bonds is 4. The van der Waals surface area contributed by atoms with Crippen molar-refractivity contribution in [3.63, 3.8) is 0 Å². The minimum Gasteiger partial charge on any atom is -0.459 e. The number of aliphatic hydroxyl groups is 2. The van der Waals surface area contributed by atoms with Gasteiger partial charge in [-0.15, -0.1) is 0 Å². The van der Waals surface area contributed by atoms with Crippen LogP contribution < -0.4 is 5.32 Å². The van der Waals surface area contributed by atoms with E-state index in [1.54, 1.807) is 20.8 Å². The molecule has 2 unspecified atom stereocenters. The average molecular weight is 627 g/mol. The van der Waals surface area contributed by atoms with E-state index in [0.29, 0.717) is 32.4 Å². The second-order valence-corrected chi connectivity index (χ2v) is 15.0. The van der Waals surface area contributed by atoms with E-state index in [4.69, 9.17) is 18.9 Å². The van der Waals surface area contributed by atoms with Crippen LogP contribution >= 0.6 is 0 Å². The van der Waals surface area contributed by atoms with Gasteiger partial charge in [0.15, 0.2) is 12.1 Å². The largest absolute Gasteiger partial charge is 0.459 e.